The number of halogens is 1. The van der Waals surface area contributed by atoms with Crippen molar-refractivity contribution < 1.29 is 19.2 Å². The molecule has 2 atom stereocenters. The zero-order valence-electron chi connectivity index (χ0n) is 17.3. The van der Waals surface area contributed by atoms with Crippen LogP contribution in [-0.2, 0) is 16.7 Å². The van der Waals surface area contributed by atoms with E-state index in [-0.39, 0.29) is 16.8 Å². The van der Waals surface area contributed by atoms with E-state index < -0.39 is 0 Å². The Hall–Kier alpha value is -1.91. The third kappa shape index (κ3) is 4.73. The highest BCUT2D eigenvalue weighted by molar-refractivity contribution is 5.40. The first-order valence-electron chi connectivity index (χ1n) is 10.3. The molecule has 0 amide bonds. The second kappa shape index (κ2) is 9.06. The molecule has 1 aliphatic heterocycles. The normalized spacial score (nSPS) is 24.9. The molecule has 3 nitrogen and oxygen atoms in total. The third-order valence-electron chi connectivity index (χ3n) is 6.29. The lowest BCUT2D eigenvalue weighted by Gasteiger charge is -2.46. The predicted octanol–water partition coefficient (Wildman–Crippen LogP) is 4.20. The van der Waals surface area contributed by atoms with E-state index in [0.717, 1.165) is 56.7 Å². The van der Waals surface area contributed by atoms with Gasteiger partial charge in [0.1, 0.15) is 18.1 Å². The van der Waals surface area contributed by atoms with Gasteiger partial charge in [-0.2, -0.15) is 0 Å². The number of benzene rings is 2. The van der Waals surface area contributed by atoms with Gasteiger partial charge in [-0.1, -0.05) is 37.3 Å². The molecular weight excluding hydrogens is 353 g/mol. The van der Waals surface area contributed by atoms with Crippen molar-refractivity contribution in [1.82, 2.24) is 0 Å². The second-order valence-corrected chi connectivity index (χ2v) is 8.22. The molecule has 0 radical (unpaired) electrons. The highest BCUT2D eigenvalue weighted by Crippen LogP contribution is 2.47. The third-order valence-corrected chi connectivity index (χ3v) is 6.29. The van der Waals surface area contributed by atoms with E-state index in [1.165, 1.54) is 17.7 Å². The van der Waals surface area contributed by atoms with Crippen molar-refractivity contribution in [3.63, 3.8) is 0 Å². The second-order valence-electron chi connectivity index (χ2n) is 8.22. The number of nitrogens with two attached hydrogens (primary N) is 1. The average molecular weight is 387 g/mol. The van der Waals surface area contributed by atoms with E-state index in [1.807, 2.05) is 18.2 Å². The van der Waals surface area contributed by atoms with Crippen LogP contribution in [0, 0.1) is 5.82 Å². The minimum atomic E-state index is -0.181. The molecule has 4 heteroatoms. The lowest BCUT2D eigenvalue weighted by molar-refractivity contribution is -0.672. The lowest BCUT2D eigenvalue weighted by Crippen LogP contribution is -2.83. The van der Waals surface area contributed by atoms with Gasteiger partial charge in [0.05, 0.1) is 19.3 Å². The SMILES string of the molecule is CC[C@]1(C)C[C@](CC[NH2+]Cc2ccc(F)cc2)(c2ccccc2OC)CCO1. The van der Waals surface area contributed by atoms with Crippen molar-refractivity contribution in [2.24, 2.45) is 0 Å². The molecule has 152 valence electrons. The highest BCUT2D eigenvalue weighted by atomic mass is 19.1. The summed E-state index contributed by atoms with van der Waals surface area (Å²) in [5, 5.41) is 2.32. The molecule has 0 unspecified atom stereocenters. The number of rotatable bonds is 8. The van der Waals surface area contributed by atoms with Gasteiger partial charge in [0.15, 0.2) is 0 Å². The molecule has 1 saturated heterocycles. The molecule has 1 aliphatic rings. The number of hydrogen-bond donors (Lipinski definition) is 1. The topological polar surface area (TPSA) is 35.1 Å². The fourth-order valence-corrected chi connectivity index (χ4v) is 4.50. The van der Waals surface area contributed by atoms with Crippen molar-refractivity contribution in [3.8, 4) is 5.75 Å². The summed E-state index contributed by atoms with van der Waals surface area (Å²) in [5.41, 5.74) is 2.40. The smallest absolute Gasteiger partial charge is 0.123 e. The van der Waals surface area contributed by atoms with Crippen LogP contribution in [0.25, 0.3) is 0 Å². The molecule has 2 aromatic rings. The van der Waals surface area contributed by atoms with Gasteiger partial charge in [0.2, 0.25) is 0 Å². The van der Waals surface area contributed by atoms with Gasteiger partial charge in [-0.25, -0.2) is 4.39 Å². The van der Waals surface area contributed by atoms with E-state index in [0.29, 0.717) is 0 Å². The summed E-state index contributed by atoms with van der Waals surface area (Å²) in [7, 11) is 1.76. The number of quaternary nitrogens is 1. The van der Waals surface area contributed by atoms with Gasteiger partial charge < -0.3 is 14.8 Å². The van der Waals surface area contributed by atoms with E-state index >= 15 is 0 Å². The van der Waals surface area contributed by atoms with Gasteiger partial charge in [-0.15, -0.1) is 0 Å². The van der Waals surface area contributed by atoms with E-state index in [2.05, 4.69) is 37.4 Å². The van der Waals surface area contributed by atoms with Gasteiger partial charge in [-0.3, -0.25) is 0 Å². The summed E-state index contributed by atoms with van der Waals surface area (Å²) in [6, 6.07) is 15.2. The predicted molar refractivity (Wildman–Crippen MR) is 110 cm³/mol. The monoisotopic (exact) mass is 386 g/mol. The van der Waals surface area contributed by atoms with Crippen LogP contribution in [0.5, 0.6) is 5.75 Å². The Balaban J connectivity index is 1.76. The van der Waals surface area contributed by atoms with Gasteiger partial charge >= 0.3 is 0 Å². The van der Waals surface area contributed by atoms with E-state index in [4.69, 9.17) is 9.47 Å². The first-order valence-corrected chi connectivity index (χ1v) is 10.3. The Labute approximate surface area is 168 Å². The molecule has 0 aromatic heterocycles. The standard InChI is InChI=1S/C24H32FNO2/c1-4-23(2)18-24(14-16-28-23,21-7-5-6-8-22(21)27-3)13-15-26-17-19-9-11-20(25)12-10-19/h5-12,26H,4,13-18H2,1-3H3/p+1/t23-,24-/m1/s1. The molecule has 3 rings (SSSR count). The number of ether oxygens (including phenoxy) is 2. The van der Waals surface area contributed by atoms with Crippen LogP contribution in [0.3, 0.4) is 0 Å². The molecule has 0 spiro atoms. The largest absolute Gasteiger partial charge is 0.496 e. The highest BCUT2D eigenvalue weighted by Gasteiger charge is 2.44. The summed E-state index contributed by atoms with van der Waals surface area (Å²) >= 11 is 0. The Morgan fingerprint density at radius 3 is 2.61 bits per heavy atom. The minimum Gasteiger partial charge on any atom is -0.496 e. The van der Waals surface area contributed by atoms with E-state index in [9.17, 15) is 4.39 Å². The van der Waals surface area contributed by atoms with Gasteiger partial charge in [0.25, 0.3) is 0 Å². The maximum absolute atomic E-state index is 13.1. The van der Waals surface area contributed by atoms with Crippen molar-refractivity contribution in [3.05, 3.63) is 65.5 Å². The van der Waals surface area contributed by atoms with E-state index in [1.54, 1.807) is 7.11 Å². The summed E-state index contributed by atoms with van der Waals surface area (Å²) in [6.07, 6.45) is 4.07. The Morgan fingerprint density at radius 1 is 1.14 bits per heavy atom. The summed E-state index contributed by atoms with van der Waals surface area (Å²) in [5.74, 6) is 0.793. The number of hydrogen-bond acceptors (Lipinski definition) is 2. The molecular formula is C24H33FNO2+. The van der Waals surface area contributed by atoms with Crippen molar-refractivity contribution in [2.75, 3.05) is 20.3 Å². The van der Waals surface area contributed by atoms with Crippen LogP contribution in [0.4, 0.5) is 4.39 Å². The summed E-state index contributed by atoms with van der Waals surface area (Å²) in [4.78, 5) is 0. The van der Waals surface area contributed by atoms with Crippen LogP contribution in [0.15, 0.2) is 48.5 Å². The Kier molecular flexibility index (Phi) is 6.73. The van der Waals surface area contributed by atoms with Crippen LogP contribution in [0.1, 0.15) is 50.7 Å². The van der Waals surface area contributed by atoms with Crippen molar-refractivity contribution in [2.45, 2.75) is 57.1 Å². The quantitative estimate of drug-likeness (QED) is 0.690. The average Bonchev–Trinajstić information content (AvgIpc) is 2.72. The molecule has 1 fully saturated rings. The zero-order chi connectivity index (χ0) is 20.0. The molecule has 0 saturated carbocycles. The van der Waals surface area contributed by atoms with Crippen LogP contribution in [-0.4, -0.2) is 25.9 Å². The molecule has 28 heavy (non-hydrogen) atoms. The molecule has 0 aliphatic carbocycles. The lowest BCUT2D eigenvalue weighted by atomic mass is 9.66. The van der Waals surface area contributed by atoms with Gasteiger partial charge in [0, 0.05) is 29.6 Å². The first-order chi connectivity index (χ1) is 13.5. The minimum absolute atomic E-state index is 0.0505. The summed E-state index contributed by atoms with van der Waals surface area (Å²) in [6.45, 7) is 7.09. The van der Waals surface area contributed by atoms with Crippen LogP contribution >= 0.6 is 0 Å². The van der Waals surface area contributed by atoms with Crippen LogP contribution in [0.2, 0.25) is 0 Å². The van der Waals surface area contributed by atoms with Gasteiger partial charge in [-0.05, 0) is 44.4 Å². The Bertz CT molecular complexity index is 763. The molecule has 0 bridgehead atoms. The number of para-hydroxylation sites is 1. The fraction of sp³-hybridized carbons (Fsp3) is 0.500. The zero-order valence-corrected chi connectivity index (χ0v) is 17.3. The maximum atomic E-state index is 13.1. The first kappa shape index (κ1) is 20.8. The molecule has 1 heterocycles. The molecule has 2 N–H and O–H groups in total. The number of methoxy groups -OCH3 is 1. The van der Waals surface area contributed by atoms with Crippen molar-refractivity contribution >= 4 is 0 Å². The van der Waals surface area contributed by atoms with Crippen LogP contribution < -0.4 is 10.1 Å². The fourth-order valence-electron chi connectivity index (χ4n) is 4.50. The molecule has 2 aromatic carbocycles. The maximum Gasteiger partial charge on any atom is 0.123 e. The summed E-state index contributed by atoms with van der Waals surface area (Å²) < 4.78 is 25.0. The van der Waals surface area contributed by atoms with Crippen molar-refractivity contribution in [1.29, 1.82) is 0 Å². The Morgan fingerprint density at radius 2 is 1.89 bits per heavy atom.